The van der Waals surface area contributed by atoms with Gasteiger partial charge in [-0.2, -0.15) is 0 Å². The number of para-hydroxylation sites is 2. The van der Waals surface area contributed by atoms with Gasteiger partial charge in [-0.3, -0.25) is 4.79 Å². The van der Waals surface area contributed by atoms with Crippen molar-refractivity contribution in [1.29, 1.82) is 0 Å². The SMILES string of the molecule is NC(=O)c1ccccc1Oc1cccc(C(=O)O)c1N. The molecule has 0 fully saturated rings. The van der Waals surface area contributed by atoms with Crippen molar-refractivity contribution in [3.63, 3.8) is 0 Å². The lowest BCUT2D eigenvalue weighted by atomic mass is 10.1. The van der Waals surface area contributed by atoms with Crippen molar-refractivity contribution < 1.29 is 19.4 Å². The molecule has 20 heavy (non-hydrogen) atoms. The zero-order valence-corrected chi connectivity index (χ0v) is 10.4. The van der Waals surface area contributed by atoms with E-state index in [1.165, 1.54) is 24.3 Å². The Bertz CT molecular complexity index is 683. The molecule has 0 aliphatic heterocycles. The molecule has 0 radical (unpaired) electrons. The monoisotopic (exact) mass is 272 g/mol. The number of primary amides is 1. The molecule has 6 nitrogen and oxygen atoms in total. The second kappa shape index (κ2) is 5.31. The highest BCUT2D eigenvalue weighted by Crippen LogP contribution is 2.31. The summed E-state index contributed by atoms with van der Waals surface area (Å²) in [6, 6.07) is 10.7. The Kier molecular flexibility index (Phi) is 3.56. The smallest absolute Gasteiger partial charge is 0.337 e. The number of aromatic carboxylic acids is 1. The van der Waals surface area contributed by atoms with Gasteiger partial charge < -0.3 is 21.3 Å². The van der Waals surface area contributed by atoms with Crippen LogP contribution in [-0.4, -0.2) is 17.0 Å². The highest BCUT2D eigenvalue weighted by molar-refractivity contribution is 5.96. The predicted molar refractivity (Wildman–Crippen MR) is 72.8 cm³/mol. The van der Waals surface area contributed by atoms with E-state index in [0.29, 0.717) is 0 Å². The third-order valence-corrected chi connectivity index (χ3v) is 2.67. The number of anilines is 1. The van der Waals surface area contributed by atoms with E-state index >= 15 is 0 Å². The van der Waals surface area contributed by atoms with Crippen LogP contribution in [0, 0.1) is 0 Å². The van der Waals surface area contributed by atoms with E-state index in [2.05, 4.69) is 0 Å². The summed E-state index contributed by atoms with van der Waals surface area (Å²) in [5, 5.41) is 8.99. The van der Waals surface area contributed by atoms with Gasteiger partial charge in [0.25, 0.3) is 5.91 Å². The van der Waals surface area contributed by atoms with Crippen LogP contribution in [0.5, 0.6) is 11.5 Å². The summed E-state index contributed by atoms with van der Waals surface area (Å²) in [5.41, 5.74) is 11.1. The van der Waals surface area contributed by atoms with Crippen LogP contribution in [0.15, 0.2) is 42.5 Å². The molecule has 0 aliphatic carbocycles. The van der Waals surface area contributed by atoms with Crippen LogP contribution in [0.25, 0.3) is 0 Å². The van der Waals surface area contributed by atoms with E-state index in [9.17, 15) is 9.59 Å². The molecule has 2 aromatic rings. The Morgan fingerprint density at radius 1 is 0.950 bits per heavy atom. The summed E-state index contributed by atoms with van der Waals surface area (Å²) >= 11 is 0. The van der Waals surface area contributed by atoms with E-state index in [1.807, 2.05) is 0 Å². The quantitative estimate of drug-likeness (QED) is 0.734. The van der Waals surface area contributed by atoms with Crippen molar-refractivity contribution in [3.8, 4) is 11.5 Å². The van der Waals surface area contributed by atoms with E-state index in [0.717, 1.165) is 0 Å². The molecule has 0 bridgehead atoms. The minimum atomic E-state index is -1.16. The number of nitrogens with two attached hydrogens (primary N) is 2. The minimum Gasteiger partial charge on any atom is -0.478 e. The number of benzene rings is 2. The van der Waals surface area contributed by atoms with Gasteiger partial charge >= 0.3 is 5.97 Å². The molecule has 0 atom stereocenters. The molecule has 0 saturated heterocycles. The second-order valence-electron chi connectivity index (χ2n) is 3.99. The minimum absolute atomic E-state index is 0.0146. The number of nitrogen functional groups attached to an aromatic ring is 1. The number of carbonyl (C=O) groups excluding carboxylic acids is 1. The Morgan fingerprint density at radius 3 is 2.20 bits per heavy atom. The molecule has 0 unspecified atom stereocenters. The lowest BCUT2D eigenvalue weighted by Gasteiger charge is -2.12. The molecule has 0 aliphatic rings. The zero-order chi connectivity index (χ0) is 14.7. The molecular formula is C14H12N2O4. The van der Waals surface area contributed by atoms with Crippen molar-refractivity contribution in [2.45, 2.75) is 0 Å². The third kappa shape index (κ3) is 2.54. The fourth-order valence-corrected chi connectivity index (χ4v) is 1.70. The molecule has 2 aromatic carbocycles. The summed E-state index contributed by atoms with van der Waals surface area (Å²) in [4.78, 5) is 22.3. The average Bonchev–Trinajstić information content (AvgIpc) is 2.41. The van der Waals surface area contributed by atoms with Crippen LogP contribution in [0.4, 0.5) is 5.69 Å². The molecule has 6 heteroatoms. The molecular weight excluding hydrogens is 260 g/mol. The number of hydrogen-bond acceptors (Lipinski definition) is 4. The van der Waals surface area contributed by atoms with Crippen molar-refractivity contribution in [1.82, 2.24) is 0 Å². The van der Waals surface area contributed by atoms with Crippen LogP contribution in [0.2, 0.25) is 0 Å². The maximum Gasteiger partial charge on any atom is 0.337 e. The average molecular weight is 272 g/mol. The first-order chi connectivity index (χ1) is 9.50. The van der Waals surface area contributed by atoms with Crippen LogP contribution in [0.1, 0.15) is 20.7 Å². The van der Waals surface area contributed by atoms with E-state index in [1.54, 1.807) is 18.2 Å². The second-order valence-corrected chi connectivity index (χ2v) is 3.99. The zero-order valence-electron chi connectivity index (χ0n) is 10.4. The first-order valence-corrected chi connectivity index (χ1v) is 5.69. The molecule has 0 aromatic heterocycles. The normalized spacial score (nSPS) is 10.0. The highest BCUT2D eigenvalue weighted by atomic mass is 16.5. The topological polar surface area (TPSA) is 116 Å². The number of hydrogen-bond donors (Lipinski definition) is 3. The molecule has 0 spiro atoms. The van der Waals surface area contributed by atoms with E-state index in [-0.39, 0.29) is 28.3 Å². The van der Waals surface area contributed by atoms with Crippen molar-refractivity contribution >= 4 is 17.6 Å². The van der Waals surface area contributed by atoms with Gasteiger partial charge in [-0.1, -0.05) is 18.2 Å². The van der Waals surface area contributed by atoms with Crippen LogP contribution < -0.4 is 16.2 Å². The highest BCUT2D eigenvalue weighted by Gasteiger charge is 2.15. The fourth-order valence-electron chi connectivity index (χ4n) is 1.70. The van der Waals surface area contributed by atoms with E-state index in [4.69, 9.17) is 21.3 Å². The lowest BCUT2D eigenvalue weighted by molar-refractivity contribution is 0.0697. The van der Waals surface area contributed by atoms with Crippen LogP contribution in [0.3, 0.4) is 0 Å². The molecule has 0 saturated carbocycles. The first-order valence-electron chi connectivity index (χ1n) is 5.69. The van der Waals surface area contributed by atoms with Crippen molar-refractivity contribution in [2.75, 3.05) is 5.73 Å². The number of carboxylic acid groups (broad SMARTS) is 1. The number of rotatable bonds is 4. The summed E-state index contributed by atoms with van der Waals surface area (Å²) in [6.45, 7) is 0. The molecule has 0 heterocycles. The fraction of sp³-hybridized carbons (Fsp3) is 0. The number of carbonyl (C=O) groups is 2. The van der Waals surface area contributed by atoms with Crippen molar-refractivity contribution in [2.24, 2.45) is 5.73 Å². The van der Waals surface area contributed by atoms with Crippen LogP contribution in [-0.2, 0) is 0 Å². The van der Waals surface area contributed by atoms with Gasteiger partial charge in [0.1, 0.15) is 5.75 Å². The molecule has 5 N–H and O–H groups in total. The maximum atomic E-state index is 11.3. The Morgan fingerprint density at radius 2 is 1.55 bits per heavy atom. The van der Waals surface area contributed by atoms with Gasteiger partial charge in [0.15, 0.2) is 5.75 Å². The van der Waals surface area contributed by atoms with Crippen molar-refractivity contribution in [3.05, 3.63) is 53.6 Å². The van der Waals surface area contributed by atoms with Gasteiger partial charge in [-0.05, 0) is 24.3 Å². The summed E-state index contributed by atoms with van der Waals surface area (Å²) in [6.07, 6.45) is 0. The van der Waals surface area contributed by atoms with Crippen LogP contribution >= 0.6 is 0 Å². The number of amides is 1. The lowest BCUT2D eigenvalue weighted by Crippen LogP contribution is -2.12. The van der Waals surface area contributed by atoms with E-state index < -0.39 is 11.9 Å². The first kappa shape index (κ1) is 13.4. The van der Waals surface area contributed by atoms with Gasteiger partial charge in [-0.15, -0.1) is 0 Å². The molecule has 102 valence electrons. The molecule has 2 rings (SSSR count). The Hall–Kier alpha value is -3.02. The Labute approximate surface area is 114 Å². The third-order valence-electron chi connectivity index (χ3n) is 2.67. The Balaban J connectivity index is 2.43. The number of ether oxygens (including phenoxy) is 1. The number of carboxylic acids is 1. The maximum absolute atomic E-state index is 11.3. The largest absolute Gasteiger partial charge is 0.478 e. The summed E-state index contributed by atoms with van der Waals surface area (Å²) in [7, 11) is 0. The van der Waals surface area contributed by atoms with Gasteiger partial charge in [0, 0.05) is 0 Å². The standard InChI is InChI=1S/C14H12N2O4/c15-12-9(14(18)19)5-3-7-11(12)20-10-6-2-1-4-8(10)13(16)17/h1-7H,15H2,(H2,16,17)(H,18,19). The summed E-state index contributed by atoms with van der Waals surface area (Å²) in [5.74, 6) is -1.43. The van der Waals surface area contributed by atoms with Gasteiger partial charge in [0.2, 0.25) is 0 Å². The van der Waals surface area contributed by atoms with Gasteiger partial charge in [0.05, 0.1) is 16.8 Å². The van der Waals surface area contributed by atoms with Gasteiger partial charge in [-0.25, -0.2) is 4.79 Å². The molecule has 1 amide bonds. The predicted octanol–water partition coefficient (Wildman–Crippen LogP) is 1.86. The summed E-state index contributed by atoms with van der Waals surface area (Å²) < 4.78 is 5.50.